The Labute approximate surface area is 138 Å². The SMILES string of the molecule is CC(C)(C)[C]1[CH][CH][CH][CH]1.CC(C)(C)[C]1[CH][CH][CH][CH]1.[Ta+2]. The van der Waals surface area contributed by atoms with Crippen LogP contribution in [0.15, 0.2) is 0 Å². The smallest absolute Gasteiger partial charge is 0.0596 e. The van der Waals surface area contributed by atoms with Crippen molar-refractivity contribution in [3.8, 4) is 0 Å². The van der Waals surface area contributed by atoms with Crippen LogP contribution in [0, 0.1) is 74.0 Å². The van der Waals surface area contributed by atoms with Gasteiger partial charge in [-0.15, -0.1) is 0 Å². The summed E-state index contributed by atoms with van der Waals surface area (Å²) in [6.07, 6.45) is 17.0. The second-order valence-electron chi connectivity index (χ2n) is 6.85. The molecule has 0 aromatic rings. The standard InChI is InChI=1S/2C9H13.Ta/c2*1-9(2,3)8-6-4-5-7-8;/h2*4-7H,1-3H3;/q;;+2. The van der Waals surface area contributed by atoms with Gasteiger partial charge in [-0.25, -0.2) is 0 Å². The summed E-state index contributed by atoms with van der Waals surface area (Å²) < 4.78 is 0. The van der Waals surface area contributed by atoms with Crippen LogP contribution >= 0.6 is 0 Å². The van der Waals surface area contributed by atoms with Gasteiger partial charge in [-0.1, -0.05) is 41.5 Å². The van der Waals surface area contributed by atoms with Crippen molar-refractivity contribution in [1.29, 1.82) is 0 Å². The summed E-state index contributed by atoms with van der Waals surface area (Å²) in [7, 11) is 0. The third-order valence-electron chi connectivity index (χ3n) is 3.06. The van der Waals surface area contributed by atoms with Crippen LogP contribution in [0.2, 0.25) is 0 Å². The fraction of sp³-hybridized carbons (Fsp3) is 0.444. The van der Waals surface area contributed by atoms with Crippen molar-refractivity contribution < 1.29 is 22.4 Å². The molecule has 2 rings (SSSR count). The van der Waals surface area contributed by atoms with Crippen molar-refractivity contribution in [2.24, 2.45) is 10.8 Å². The Kier molecular flexibility index (Phi) is 8.57. The van der Waals surface area contributed by atoms with E-state index in [0.29, 0.717) is 10.8 Å². The zero-order chi connectivity index (χ0) is 13.8. The molecule has 1 heteroatoms. The van der Waals surface area contributed by atoms with E-state index in [9.17, 15) is 0 Å². The van der Waals surface area contributed by atoms with E-state index >= 15 is 0 Å². The van der Waals surface area contributed by atoms with Gasteiger partial charge in [0.25, 0.3) is 0 Å². The van der Waals surface area contributed by atoms with Crippen molar-refractivity contribution in [3.05, 3.63) is 63.2 Å². The Morgan fingerprint density at radius 3 is 0.842 bits per heavy atom. The molecule has 11 radical (unpaired) electrons. The van der Waals surface area contributed by atoms with E-state index in [1.165, 1.54) is 11.8 Å². The van der Waals surface area contributed by atoms with Gasteiger partial charge in [-0.05, 0) is 74.0 Å². The fourth-order valence-corrected chi connectivity index (χ4v) is 1.75. The first-order valence-electron chi connectivity index (χ1n) is 6.65. The molecule has 2 saturated carbocycles. The number of hydrogen-bond donors (Lipinski definition) is 0. The third kappa shape index (κ3) is 7.34. The van der Waals surface area contributed by atoms with Gasteiger partial charge in [0.15, 0.2) is 0 Å². The first-order chi connectivity index (χ1) is 8.21. The maximum atomic E-state index is 2.22. The van der Waals surface area contributed by atoms with Crippen molar-refractivity contribution in [3.63, 3.8) is 0 Å². The average molecular weight is 423 g/mol. The minimum atomic E-state index is 0. The Bertz CT molecular complexity index is 193. The average Bonchev–Trinajstić information content (AvgIpc) is 2.91. The van der Waals surface area contributed by atoms with Crippen LogP contribution < -0.4 is 0 Å². The zero-order valence-electron chi connectivity index (χ0n) is 13.1. The van der Waals surface area contributed by atoms with E-state index in [0.717, 1.165) is 0 Å². The zero-order valence-corrected chi connectivity index (χ0v) is 16.3. The van der Waals surface area contributed by atoms with Crippen molar-refractivity contribution in [2.75, 3.05) is 0 Å². The molecule has 0 aromatic carbocycles. The molecule has 101 valence electrons. The van der Waals surface area contributed by atoms with Gasteiger partial charge in [-0.3, -0.25) is 0 Å². The van der Waals surface area contributed by atoms with Gasteiger partial charge in [0.2, 0.25) is 0 Å². The molecule has 19 heavy (non-hydrogen) atoms. The quantitative estimate of drug-likeness (QED) is 0.522. The molecule has 0 N–H and O–H groups in total. The fourth-order valence-electron chi connectivity index (χ4n) is 1.75. The van der Waals surface area contributed by atoms with E-state index in [1.54, 1.807) is 0 Å². The summed E-state index contributed by atoms with van der Waals surface area (Å²) in [5.74, 6) is 2.84. The van der Waals surface area contributed by atoms with Crippen molar-refractivity contribution >= 4 is 0 Å². The van der Waals surface area contributed by atoms with Crippen LogP contribution in [0.5, 0.6) is 0 Å². The van der Waals surface area contributed by atoms with E-state index in [-0.39, 0.29) is 22.4 Å². The number of hydrogen-bond acceptors (Lipinski definition) is 0. The van der Waals surface area contributed by atoms with Crippen LogP contribution in [-0.2, 0) is 22.4 Å². The molecule has 0 nitrogen and oxygen atoms in total. The Morgan fingerprint density at radius 1 is 0.526 bits per heavy atom. The predicted octanol–water partition coefficient (Wildman–Crippen LogP) is 4.87. The molecule has 2 fully saturated rings. The molecule has 0 aliphatic heterocycles. The first-order valence-corrected chi connectivity index (χ1v) is 6.65. The van der Waals surface area contributed by atoms with Crippen molar-refractivity contribution in [2.45, 2.75) is 41.5 Å². The summed E-state index contributed by atoms with van der Waals surface area (Å²) in [5, 5.41) is 0. The Hall–Kier alpha value is 0.740. The summed E-state index contributed by atoms with van der Waals surface area (Å²) in [6.45, 7) is 13.3. The van der Waals surface area contributed by atoms with Gasteiger partial charge in [0, 0.05) is 0 Å². The topological polar surface area (TPSA) is 0 Å². The number of rotatable bonds is 0. The maximum absolute atomic E-state index is 2.22. The molecule has 2 aliphatic rings. The van der Waals surface area contributed by atoms with Gasteiger partial charge in [0.05, 0.1) is 0 Å². The van der Waals surface area contributed by atoms with Gasteiger partial charge in [0.1, 0.15) is 0 Å². The second kappa shape index (κ2) is 8.25. The maximum Gasteiger partial charge on any atom is 2.00 e. The molecular formula is C18H26Ta+2. The van der Waals surface area contributed by atoms with Crippen LogP contribution in [0.3, 0.4) is 0 Å². The predicted molar refractivity (Wildman–Crippen MR) is 79.8 cm³/mol. The van der Waals surface area contributed by atoms with Crippen LogP contribution in [0.4, 0.5) is 0 Å². The molecule has 0 spiro atoms. The molecule has 0 heterocycles. The second-order valence-corrected chi connectivity index (χ2v) is 6.85. The van der Waals surface area contributed by atoms with Crippen LogP contribution in [0.25, 0.3) is 0 Å². The van der Waals surface area contributed by atoms with Gasteiger partial charge < -0.3 is 0 Å². The first kappa shape index (κ1) is 19.7. The van der Waals surface area contributed by atoms with E-state index < -0.39 is 0 Å². The van der Waals surface area contributed by atoms with Crippen LogP contribution in [-0.4, -0.2) is 0 Å². The summed E-state index contributed by atoms with van der Waals surface area (Å²) in [4.78, 5) is 0. The summed E-state index contributed by atoms with van der Waals surface area (Å²) >= 11 is 0. The third-order valence-corrected chi connectivity index (χ3v) is 3.06. The molecule has 0 bridgehead atoms. The van der Waals surface area contributed by atoms with Crippen molar-refractivity contribution in [1.82, 2.24) is 0 Å². The van der Waals surface area contributed by atoms with E-state index in [4.69, 9.17) is 0 Å². The molecule has 0 amide bonds. The Balaban J connectivity index is 0.000000324. The summed E-state index contributed by atoms with van der Waals surface area (Å²) in [6, 6.07) is 0. The molecule has 2 aliphatic carbocycles. The van der Waals surface area contributed by atoms with Gasteiger partial charge in [-0.2, -0.15) is 0 Å². The minimum Gasteiger partial charge on any atom is -0.0596 e. The normalized spacial score (nSPS) is 21.8. The minimum absolute atomic E-state index is 0. The molecule has 0 atom stereocenters. The Morgan fingerprint density at radius 2 is 0.737 bits per heavy atom. The van der Waals surface area contributed by atoms with E-state index in [2.05, 4.69) is 92.9 Å². The monoisotopic (exact) mass is 423 g/mol. The molecule has 0 aromatic heterocycles. The molecule has 0 unspecified atom stereocenters. The van der Waals surface area contributed by atoms with Gasteiger partial charge >= 0.3 is 22.4 Å². The van der Waals surface area contributed by atoms with E-state index in [1.807, 2.05) is 0 Å². The largest absolute Gasteiger partial charge is 2.00 e. The summed E-state index contributed by atoms with van der Waals surface area (Å²) in [5.41, 5.74) is 0.646. The van der Waals surface area contributed by atoms with Crippen LogP contribution in [0.1, 0.15) is 41.5 Å². The molecule has 0 saturated heterocycles. The molecular weight excluding hydrogens is 397 g/mol.